The van der Waals surface area contributed by atoms with Crippen LogP contribution < -0.4 is 5.73 Å². The topological polar surface area (TPSA) is 113 Å². The molecule has 2 N–H and O–H groups in total. The molecule has 2 aromatic heterocycles. The van der Waals surface area contributed by atoms with Crippen molar-refractivity contribution in [3.8, 4) is 0 Å². The lowest BCUT2D eigenvalue weighted by molar-refractivity contribution is -0.392. The first-order valence-electron chi connectivity index (χ1n) is 5.58. The van der Waals surface area contributed by atoms with E-state index in [9.17, 15) is 10.1 Å². The normalized spacial score (nSPS) is 11.0. The molecule has 0 radical (unpaired) electrons. The predicted octanol–water partition coefficient (Wildman–Crippen LogP) is 1.35. The molecule has 2 rings (SSSR count). The minimum absolute atomic E-state index is 0.0376. The third-order valence-corrected chi connectivity index (χ3v) is 2.47. The second-order valence-electron chi connectivity index (χ2n) is 3.65. The molecule has 0 aromatic carbocycles. The fraction of sp³-hybridized carbons (Fsp3) is 0.182. The number of nitrogen functional groups attached to an aromatic ring is 1. The molecule has 0 atom stereocenters. The summed E-state index contributed by atoms with van der Waals surface area (Å²) in [7, 11) is 0. The quantitative estimate of drug-likeness (QED) is 0.655. The van der Waals surface area contributed by atoms with Gasteiger partial charge in [-0.3, -0.25) is 0 Å². The smallest absolute Gasteiger partial charge is 0.343 e. The highest BCUT2D eigenvalue weighted by atomic mass is 16.6. The zero-order valence-electron chi connectivity index (χ0n) is 10.2. The van der Waals surface area contributed by atoms with Crippen LogP contribution >= 0.6 is 0 Å². The predicted molar refractivity (Wildman–Crippen MR) is 69.9 cm³/mol. The molecule has 8 heteroatoms. The Morgan fingerprint density at radius 3 is 2.89 bits per heavy atom. The van der Waals surface area contributed by atoms with Gasteiger partial charge in [-0.05, 0) is 24.0 Å². The summed E-state index contributed by atoms with van der Waals surface area (Å²) in [5.41, 5.74) is 6.07. The lowest BCUT2D eigenvalue weighted by atomic mass is 10.3. The molecule has 98 valence electrons. The molecule has 0 unspecified atom stereocenters. The van der Waals surface area contributed by atoms with Crippen molar-refractivity contribution in [2.75, 3.05) is 5.73 Å². The van der Waals surface area contributed by atoms with Gasteiger partial charge in [-0.1, -0.05) is 0 Å². The van der Waals surface area contributed by atoms with Gasteiger partial charge in [0.05, 0.1) is 12.2 Å². The first kappa shape index (κ1) is 12.7. The van der Waals surface area contributed by atoms with Crippen molar-refractivity contribution in [2.24, 2.45) is 0 Å². The molecule has 19 heavy (non-hydrogen) atoms. The van der Waals surface area contributed by atoms with Crippen LogP contribution in [0.1, 0.15) is 18.4 Å². The van der Waals surface area contributed by atoms with Gasteiger partial charge in [0.1, 0.15) is 6.20 Å². The van der Waals surface area contributed by atoms with Crippen LogP contribution in [0, 0.1) is 10.1 Å². The summed E-state index contributed by atoms with van der Waals surface area (Å²) in [6.07, 6.45) is 6.10. The van der Waals surface area contributed by atoms with Crippen LogP contribution in [0.4, 0.5) is 11.8 Å². The van der Waals surface area contributed by atoms with Crippen LogP contribution in [0.15, 0.2) is 18.5 Å². The summed E-state index contributed by atoms with van der Waals surface area (Å²) < 4.78 is 1.50. The summed E-state index contributed by atoms with van der Waals surface area (Å²) >= 11 is 0. The lowest BCUT2D eigenvalue weighted by Gasteiger charge is -1.98. The van der Waals surface area contributed by atoms with E-state index in [0.29, 0.717) is 18.1 Å². The van der Waals surface area contributed by atoms with Crippen molar-refractivity contribution in [3.05, 3.63) is 40.1 Å². The number of hydrogen-bond acceptors (Lipinski definition) is 6. The summed E-state index contributed by atoms with van der Waals surface area (Å²) in [5.74, 6) is 0.627. The van der Waals surface area contributed by atoms with Gasteiger partial charge >= 0.3 is 5.82 Å². The van der Waals surface area contributed by atoms with Crippen molar-refractivity contribution >= 4 is 23.9 Å². The second kappa shape index (κ2) is 5.25. The molecule has 0 bridgehead atoms. The Bertz CT molecular complexity index is 634. The van der Waals surface area contributed by atoms with Gasteiger partial charge in [-0.15, -0.1) is 0 Å². The van der Waals surface area contributed by atoms with E-state index >= 15 is 0 Å². The maximum atomic E-state index is 10.8. The maximum Gasteiger partial charge on any atom is 0.343 e. The number of hydrogen-bond donors (Lipinski definition) is 1. The van der Waals surface area contributed by atoms with Gasteiger partial charge in [0, 0.05) is 12.3 Å². The Kier molecular flexibility index (Phi) is 3.51. The minimum atomic E-state index is -0.462. The summed E-state index contributed by atoms with van der Waals surface area (Å²) in [4.78, 5) is 22.1. The van der Waals surface area contributed by atoms with Gasteiger partial charge in [0.2, 0.25) is 11.8 Å². The van der Waals surface area contributed by atoms with Gasteiger partial charge in [0.15, 0.2) is 0 Å². The largest absolute Gasteiger partial charge is 0.368 e. The molecule has 0 saturated carbocycles. The van der Waals surface area contributed by atoms with Gasteiger partial charge in [0.25, 0.3) is 0 Å². The SMILES string of the molecule is CCn1c([N+](=O)[O-])cnc1/C=C/c1ccnc(N)n1. The Morgan fingerprint density at radius 1 is 1.47 bits per heavy atom. The van der Waals surface area contributed by atoms with Crippen LogP contribution in [-0.4, -0.2) is 24.4 Å². The number of anilines is 1. The molecule has 0 aliphatic rings. The molecule has 0 fully saturated rings. The molecule has 0 aliphatic carbocycles. The van der Waals surface area contributed by atoms with Crippen molar-refractivity contribution in [1.29, 1.82) is 0 Å². The fourth-order valence-corrected chi connectivity index (χ4v) is 1.62. The zero-order valence-corrected chi connectivity index (χ0v) is 10.2. The number of rotatable bonds is 4. The molecule has 8 nitrogen and oxygen atoms in total. The van der Waals surface area contributed by atoms with E-state index in [0.717, 1.165) is 0 Å². The molecule has 0 aliphatic heterocycles. The Morgan fingerprint density at radius 2 is 2.26 bits per heavy atom. The van der Waals surface area contributed by atoms with E-state index in [1.165, 1.54) is 17.0 Å². The maximum absolute atomic E-state index is 10.8. The standard InChI is InChI=1S/C11H12N6O2/c1-2-16-9(14-7-10(16)17(18)19)4-3-8-5-6-13-11(12)15-8/h3-7H,2H2,1H3,(H2,12,13,15)/b4-3+. The monoisotopic (exact) mass is 260 g/mol. The highest BCUT2D eigenvalue weighted by Crippen LogP contribution is 2.15. The number of nitrogens with two attached hydrogens (primary N) is 1. The number of nitrogens with zero attached hydrogens (tertiary/aromatic N) is 5. The lowest BCUT2D eigenvalue weighted by Crippen LogP contribution is -2.02. The third kappa shape index (κ3) is 2.73. The van der Waals surface area contributed by atoms with Crippen LogP contribution in [0.5, 0.6) is 0 Å². The Balaban J connectivity index is 2.31. The van der Waals surface area contributed by atoms with Crippen LogP contribution in [0.3, 0.4) is 0 Å². The average Bonchev–Trinajstić information content (AvgIpc) is 2.79. The number of imidazole rings is 1. The zero-order chi connectivity index (χ0) is 13.8. The van der Waals surface area contributed by atoms with E-state index in [-0.39, 0.29) is 11.8 Å². The highest BCUT2D eigenvalue weighted by Gasteiger charge is 2.16. The number of nitro groups is 1. The first-order chi connectivity index (χ1) is 9.11. The summed E-state index contributed by atoms with van der Waals surface area (Å²) in [5, 5.41) is 10.8. The van der Waals surface area contributed by atoms with E-state index in [2.05, 4.69) is 15.0 Å². The molecule has 0 amide bonds. The molecule has 0 saturated heterocycles. The third-order valence-electron chi connectivity index (χ3n) is 2.47. The van der Waals surface area contributed by atoms with E-state index in [4.69, 9.17) is 5.73 Å². The summed E-state index contributed by atoms with van der Waals surface area (Å²) in [6, 6.07) is 1.68. The summed E-state index contributed by atoms with van der Waals surface area (Å²) in [6.45, 7) is 2.27. The number of aromatic nitrogens is 4. The Labute approximate surface area is 108 Å². The highest BCUT2D eigenvalue weighted by molar-refractivity contribution is 5.65. The van der Waals surface area contributed by atoms with Gasteiger partial charge in [-0.25, -0.2) is 19.5 Å². The van der Waals surface area contributed by atoms with Crippen molar-refractivity contribution < 1.29 is 4.92 Å². The van der Waals surface area contributed by atoms with E-state index < -0.39 is 4.92 Å². The van der Waals surface area contributed by atoms with Crippen molar-refractivity contribution in [3.63, 3.8) is 0 Å². The van der Waals surface area contributed by atoms with Crippen LogP contribution in [0.2, 0.25) is 0 Å². The van der Waals surface area contributed by atoms with E-state index in [1.807, 2.05) is 6.92 Å². The van der Waals surface area contributed by atoms with Gasteiger partial charge in [-0.2, -0.15) is 0 Å². The second-order valence-corrected chi connectivity index (χ2v) is 3.65. The average molecular weight is 260 g/mol. The molecular weight excluding hydrogens is 248 g/mol. The molecular formula is C11H12N6O2. The van der Waals surface area contributed by atoms with Gasteiger partial charge < -0.3 is 15.8 Å². The fourth-order valence-electron chi connectivity index (χ4n) is 1.62. The Hall–Kier alpha value is -2.77. The minimum Gasteiger partial charge on any atom is -0.368 e. The van der Waals surface area contributed by atoms with Crippen molar-refractivity contribution in [1.82, 2.24) is 19.5 Å². The molecule has 2 aromatic rings. The van der Waals surface area contributed by atoms with Crippen molar-refractivity contribution in [2.45, 2.75) is 13.5 Å². The van der Waals surface area contributed by atoms with E-state index in [1.54, 1.807) is 18.2 Å². The van der Waals surface area contributed by atoms with Crippen LogP contribution in [0.25, 0.3) is 12.2 Å². The molecule has 0 spiro atoms. The first-order valence-corrected chi connectivity index (χ1v) is 5.58. The van der Waals surface area contributed by atoms with Crippen LogP contribution in [-0.2, 0) is 6.54 Å². The molecule has 2 heterocycles.